The first-order valence-electron chi connectivity index (χ1n) is 9.32. The van der Waals surface area contributed by atoms with Crippen LogP contribution in [0.25, 0.3) is 10.2 Å². The number of benzene rings is 1. The van der Waals surface area contributed by atoms with Crippen LogP contribution in [-0.4, -0.2) is 35.1 Å². The molecule has 8 heteroatoms. The minimum atomic E-state index is -0.449. The summed E-state index contributed by atoms with van der Waals surface area (Å²) >= 11 is 1.29. The molecule has 4 N–H and O–H groups in total. The SMILES string of the molecule is Cc1ccc(Nc2ncnc3sc(C(N)=O)c(C)c23)c(O[C@H]2CCCNC2)c1. The van der Waals surface area contributed by atoms with Crippen molar-refractivity contribution in [2.24, 2.45) is 5.73 Å². The summed E-state index contributed by atoms with van der Waals surface area (Å²) in [5, 5.41) is 7.57. The van der Waals surface area contributed by atoms with E-state index in [4.69, 9.17) is 10.5 Å². The summed E-state index contributed by atoms with van der Waals surface area (Å²) in [7, 11) is 0. The summed E-state index contributed by atoms with van der Waals surface area (Å²) in [5.41, 5.74) is 8.26. The number of nitrogens with zero attached hydrogens (tertiary/aromatic N) is 2. The summed E-state index contributed by atoms with van der Waals surface area (Å²) in [6, 6.07) is 6.05. The first-order chi connectivity index (χ1) is 13.5. The Morgan fingerprint density at radius 3 is 2.96 bits per heavy atom. The molecule has 3 aromatic rings. The van der Waals surface area contributed by atoms with E-state index in [9.17, 15) is 4.79 Å². The number of anilines is 2. The summed E-state index contributed by atoms with van der Waals surface area (Å²) in [6.07, 6.45) is 3.77. The van der Waals surface area contributed by atoms with Gasteiger partial charge in [-0.25, -0.2) is 9.97 Å². The molecule has 28 heavy (non-hydrogen) atoms. The molecule has 0 spiro atoms. The van der Waals surface area contributed by atoms with Crippen LogP contribution in [-0.2, 0) is 0 Å². The second-order valence-electron chi connectivity index (χ2n) is 7.03. The molecule has 146 valence electrons. The maximum absolute atomic E-state index is 11.7. The van der Waals surface area contributed by atoms with Crippen molar-refractivity contribution in [3.05, 3.63) is 40.5 Å². The molecular formula is C20H23N5O2S. The van der Waals surface area contributed by atoms with Gasteiger partial charge in [0.15, 0.2) is 0 Å². The van der Waals surface area contributed by atoms with Gasteiger partial charge < -0.3 is 21.1 Å². The molecule has 1 amide bonds. The third kappa shape index (κ3) is 3.65. The number of fused-ring (bicyclic) bond motifs is 1. The number of rotatable bonds is 5. The van der Waals surface area contributed by atoms with Crippen molar-refractivity contribution in [1.29, 1.82) is 0 Å². The first kappa shape index (κ1) is 18.6. The van der Waals surface area contributed by atoms with Gasteiger partial charge >= 0.3 is 0 Å². The highest BCUT2D eigenvalue weighted by molar-refractivity contribution is 7.20. The van der Waals surface area contributed by atoms with E-state index in [2.05, 4.69) is 20.6 Å². The number of amides is 1. The first-order valence-corrected chi connectivity index (χ1v) is 10.1. The summed E-state index contributed by atoms with van der Waals surface area (Å²) in [6.45, 7) is 5.79. The molecule has 7 nitrogen and oxygen atoms in total. The molecule has 4 rings (SSSR count). The van der Waals surface area contributed by atoms with Gasteiger partial charge in [0.25, 0.3) is 5.91 Å². The van der Waals surface area contributed by atoms with E-state index in [0.717, 1.165) is 58.7 Å². The highest BCUT2D eigenvalue weighted by atomic mass is 32.1. The molecule has 1 saturated heterocycles. The van der Waals surface area contributed by atoms with Crippen LogP contribution in [0.4, 0.5) is 11.5 Å². The maximum atomic E-state index is 11.7. The van der Waals surface area contributed by atoms with Crippen LogP contribution in [0.3, 0.4) is 0 Å². The van der Waals surface area contributed by atoms with Gasteiger partial charge in [0, 0.05) is 6.54 Å². The Bertz CT molecular complexity index is 1030. The van der Waals surface area contributed by atoms with Crippen LogP contribution in [0.1, 0.15) is 33.6 Å². The summed E-state index contributed by atoms with van der Waals surface area (Å²) in [4.78, 5) is 21.7. The van der Waals surface area contributed by atoms with E-state index in [0.29, 0.717) is 10.7 Å². The van der Waals surface area contributed by atoms with Crippen molar-refractivity contribution < 1.29 is 9.53 Å². The normalized spacial score (nSPS) is 16.9. The van der Waals surface area contributed by atoms with E-state index in [-0.39, 0.29) is 6.10 Å². The zero-order valence-corrected chi connectivity index (χ0v) is 16.7. The predicted octanol–water partition coefficient (Wildman–Crippen LogP) is 3.28. The van der Waals surface area contributed by atoms with E-state index >= 15 is 0 Å². The topological polar surface area (TPSA) is 102 Å². The van der Waals surface area contributed by atoms with E-state index in [1.165, 1.54) is 17.7 Å². The largest absolute Gasteiger partial charge is 0.487 e. The molecule has 3 heterocycles. The molecule has 1 fully saturated rings. The molecule has 1 aromatic carbocycles. The number of nitrogens with one attached hydrogen (secondary N) is 2. The zero-order chi connectivity index (χ0) is 19.7. The van der Waals surface area contributed by atoms with Crippen molar-refractivity contribution >= 4 is 39.0 Å². The van der Waals surface area contributed by atoms with E-state index in [1.807, 2.05) is 32.0 Å². The smallest absolute Gasteiger partial charge is 0.259 e. The van der Waals surface area contributed by atoms with Crippen LogP contribution >= 0.6 is 11.3 Å². The number of aryl methyl sites for hydroxylation is 2. The van der Waals surface area contributed by atoms with Gasteiger partial charge in [0.2, 0.25) is 0 Å². The second-order valence-corrected chi connectivity index (χ2v) is 8.03. The fourth-order valence-electron chi connectivity index (χ4n) is 3.46. The van der Waals surface area contributed by atoms with Crippen molar-refractivity contribution in [2.75, 3.05) is 18.4 Å². The van der Waals surface area contributed by atoms with E-state index in [1.54, 1.807) is 0 Å². The van der Waals surface area contributed by atoms with Gasteiger partial charge in [-0.15, -0.1) is 11.3 Å². The molecule has 0 saturated carbocycles. The fraction of sp³-hybridized carbons (Fsp3) is 0.350. The average Bonchev–Trinajstić information content (AvgIpc) is 3.03. The van der Waals surface area contributed by atoms with Crippen LogP contribution in [0.15, 0.2) is 24.5 Å². The monoisotopic (exact) mass is 397 g/mol. The molecule has 0 unspecified atom stereocenters. The third-order valence-corrected chi connectivity index (χ3v) is 6.10. The van der Waals surface area contributed by atoms with Crippen molar-refractivity contribution in [3.63, 3.8) is 0 Å². The van der Waals surface area contributed by atoms with E-state index < -0.39 is 5.91 Å². The minimum absolute atomic E-state index is 0.144. The summed E-state index contributed by atoms with van der Waals surface area (Å²) < 4.78 is 6.29. The van der Waals surface area contributed by atoms with Crippen molar-refractivity contribution in [2.45, 2.75) is 32.8 Å². The Morgan fingerprint density at radius 2 is 2.21 bits per heavy atom. The van der Waals surface area contributed by atoms with Crippen molar-refractivity contribution in [3.8, 4) is 5.75 Å². The summed E-state index contributed by atoms with van der Waals surface area (Å²) in [5.74, 6) is 0.987. The predicted molar refractivity (Wildman–Crippen MR) is 112 cm³/mol. The van der Waals surface area contributed by atoms with Crippen molar-refractivity contribution in [1.82, 2.24) is 15.3 Å². The second kappa shape index (κ2) is 7.73. The maximum Gasteiger partial charge on any atom is 0.259 e. The number of piperidine rings is 1. The Balaban J connectivity index is 1.70. The number of hydrogen-bond acceptors (Lipinski definition) is 7. The number of ether oxygens (including phenoxy) is 1. The number of aromatic nitrogens is 2. The van der Waals surface area contributed by atoms with Crippen LogP contribution in [0.5, 0.6) is 5.75 Å². The van der Waals surface area contributed by atoms with Gasteiger partial charge in [-0.2, -0.15) is 0 Å². The molecule has 1 atom stereocenters. The Morgan fingerprint density at radius 1 is 1.36 bits per heavy atom. The highest BCUT2D eigenvalue weighted by Crippen LogP contribution is 2.36. The van der Waals surface area contributed by atoms with Gasteiger partial charge in [0.1, 0.15) is 28.8 Å². The fourth-order valence-corrected chi connectivity index (χ4v) is 4.46. The molecule has 2 aromatic heterocycles. The zero-order valence-electron chi connectivity index (χ0n) is 15.9. The highest BCUT2D eigenvalue weighted by Gasteiger charge is 2.20. The number of carbonyl (C=O) groups is 1. The van der Waals surface area contributed by atoms with Gasteiger partial charge in [-0.05, 0) is 56.5 Å². The number of primary amides is 1. The molecule has 1 aliphatic rings. The molecule has 1 aliphatic heterocycles. The number of hydrogen-bond donors (Lipinski definition) is 3. The Hall–Kier alpha value is -2.71. The lowest BCUT2D eigenvalue weighted by molar-refractivity contribution is 0.100. The lowest BCUT2D eigenvalue weighted by Crippen LogP contribution is -2.37. The number of nitrogens with two attached hydrogens (primary N) is 1. The quantitative estimate of drug-likeness (QED) is 0.611. The molecule has 0 radical (unpaired) electrons. The lowest BCUT2D eigenvalue weighted by Gasteiger charge is -2.25. The number of carbonyl (C=O) groups excluding carboxylic acids is 1. The van der Waals surface area contributed by atoms with Crippen LogP contribution in [0.2, 0.25) is 0 Å². The minimum Gasteiger partial charge on any atom is -0.487 e. The Kier molecular flexibility index (Phi) is 5.15. The average molecular weight is 398 g/mol. The molecule has 0 bridgehead atoms. The standard InChI is InChI=1S/C20H23N5O2S/c1-11-5-6-14(15(8-11)27-13-4-3-7-22-9-13)25-19-16-12(2)17(18(21)26)28-20(16)24-10-23-19/h5-6,8,10,13,22H,3-4,7,9H2,1-2H3,(H2,21,26)(H,23,24,25)/t13-/m0/s1. The number of thiophene rings is 1. The van der Waals surface area contributed by atoms with Crippen LogP contribution < -0.4 is 21.1 Å². The van der Waals surface area contributed by atoms with Crippen LogP contribution in [0, 0.1) is 13.8 Å². The molecule has 0 aliphatic carbocycles. The van der Waals surface area contributed by atoms with Gasteiger partial charge in [0.05, 0.1) is 16.0 Å². The third-order valence-electron chi connectivity index (χ3n) is 4.89. The Labute approximate surface area is 167 Å². The van der Waals surface area contributed by atoms with Gasteiger partial charge in [-0.3, -0.25) is 4.79 Å². The van der Waals surface area contributed by atoms with Gasteiger partial charge in [-0.1, -0.05) is 6.07 Å². The lowest BCUT2D eigenvalue weighted by atomic mass is 10.1. The molecular weight excluding hydrogens is 374 g/mol.